The molecule has 0 unspecified atom stereocenters. The third-order valence-electron chi connectivity index (χ3n) is 10.6. The average molecular weight is 837 g/mol. The van der Waals surface area contributed by atoms with Gasteiger partial charge in [-0.15, -0.1) is 29.1 Å². The van der Waals surface area contributed by atoms with Gasteiger partial charge in [-0.2, -0.15) is 0 Å². The topological polar surface area (TPSA) is 76.5 Å². The number of furan rings is 2. The van der Waals surface area contributed by atoms with Gasteiger partial charge in [-0.05, 0) is 62.3 Å². The quantitative estimate of drug-likeness (QED) is 0.0939. The second kappa shape index (κ2) is 14.6. The number of benzene rings is 3. The number of allylic oxidation sites excluding steroid dienone is 2. The Bertz CT molecular complexity index is 2130. The number of pyridine rings is 1. The summed E-state index contributed by atoms with van der Waals surface area (Å²) in [6.45, 7) is 20.8. The third-order valence-corrected chi connectivity index (χ3v) is 10.6. The summed E-state index contributed by atoms with van der Waals surface area (Å²) in [4.78, 5) is 16.9. The van der Waals surface area contributed by atoms with Crippen molar-refractivity contribution >= 4 is 49.5 Å². The van der Waals surface area contributed by atoms with E-state index in [1.54, 1.807) is 0 Å². The maximum absolute atomic E-state index is 12.2. The van der Waals surface area contributed by atoms with Gasteiger partial charge in [0.1, 0.15) is 28.3 Å². The second-order valence-corrected chi connectivity index (χ2v) is 14.7. The Hall–Kier alpha value is -3.73. The number of hydrogen-bond donors (Lipinski definition) is 1. The molecule has 6 aromatic rings. The molecule has 0 saturated carbocycles. The van der Waals surface area contributed by atoms with Crippen molar-refractivity contribution in [1.82, 2.24) is 4.98 Å². The fourth-order valence-electron chi connectivity index (χ4n) is 6.25. The molecule has 0 fully saturated rings. The molecule has 3 heterocycles. The first-order valence-corrected chi connectivity index (χ1v) is 17.3. The van der Waals surface area contributed by atoms with Crippen molar-refractivity contribution < 1.29 is 38.8 Å². The number of fused-ring (bicyclic) bond motifs is 6. The van der Waals surface area contributed by atoms with Crippen LogP contribution in [0.4, 0.5) is 0 Å². The van der Waals surface area contributed by atoms with E-state index >= 15 is 0 Å². The summed E-state index contributed by atoms with van der Waals surface area (Å²) in [6.07, 6.45) is 6.61. The maximum atomic E-state index is 12.2. The van der Waals surface area contributed by atoms with Crippen molar-refractivity contribution in [2.24, 2.45) is 10.8 Å². The maximum Gasteiger partial charge on any atom is 0.164 e. The van der Waals surface area contributed by atoms with Gasteiger partial charge in [-0.25, -0.2) is 0 Å². The van der Waals surface area contributed by atoms with E-state index in [2.05, 4.69) is 63.2 Å². The van der Waals surface area contributed by atoms with Crippen LogP contribution in [0.25, 0.3) is 54.9 Å². The zero-order valence-electron chi connectivity index (χ0n) is 30.6. The van der Waals surface area contributed by atoms with E-state index in [-0.39, 0.29) is 47.9 Å². The summed E-state index contributed by atoms with van der Waals surface area (Å²) in [7, 11) is 0. The number of aliphatic hydroxyl groups is 1. The van der Waals surface area contributed by atoms with Crippen LogP contribution in [0, 0.1) is 23.8 Å². The van der Waals surface area contributed by atoms with E-state index in [1.807, 2.05) is 72.9 Å². The predicted octanol–water partition coefficient (Wildman–Crippen LogP) is 12.6. The van der Waals surface area contributed by atoms with Gasteiger partial charge in [0.15, 0.2) is 5.78 Å². The van der Waals surface area contributed by atoms with Crippen LogP contribution >= 0.6 is 0 Å². The van der Waals surface area contributed by atoms with Crippen LogP contribution in [-0.4, -0.2) is 15.9 Å². The predicted molar refractivity (Wildman–Crippen MR) is 200 cm³/mol. The fourth-order valence-corrected chi connectivity index (χ4v) is 6.25. The molecule has 0 spiro atoms. The molecular weight excluding hydrogens is 787 g/mol. The van der Waals surface area contributed by atoms with Crippen molar-refractivity contribution in [3.63, 3.8) is 0 Å². The molecule has 0 aliphatic carbocycles. The van der Waals surface area contributed by atoms with Gasteiger partial charge in [0.25, 0.3) is 0 Å². The first-order chi connectivity index (χ1) is 22.7. The summed E-state index contributed by atoms with van der Waals surface area (Å²) in [6, 6.07) is 22.4. The van der Waals surface area contributed by atoms with Gasteiger partial charge >= 0.3 is 0 Å². The molecule has 5 nitrogen and oxygen atoms in total. The Morgan fingerprint density at radius 1 is 0.796 bits per heavy atom. The molecule has 0 amide bonds. The molecule has 6 heteroatoms. The average Bonchev–Trinajstić information content (AvgIpc) is 3.66. The summed E-state index contributed by atoms with van der Waals surface area (Å²) in [5.74, 6) is 1.16. The van der Waals surface area contributed by atoms with Gasteiger partial charge in [-0.1, -0.05) is 91.5 Å². The molecular formula is C43H50IrNO4-. The standard InChI is InChI=1S/C28H22NO2.C15H28O2.Ir/c1-16-13-22-24(30-16)10-9-20-21-11-12-29-25(27(21)31-26(20)22)18-14-17-7-5-6-8-19(17)23(15-18)28(2,3)4;1-7-14(5,8-2)12(16)11-13(17)15(6,9-3)10-4;/h5-13,15H,1-4H3;11,16H,7-10H2,1-6H3;/q-1;;/b;12-11-;. The van der Waals surface area contributed by atoms with E-state index in [4.69, 9.17) is 13.8 Å². The number of carbonyl (C=O) groups excluding carboxylic acids is 1. The van der Waals surface area contributed by atoms with E-state index in [0.717, 1.165) is 81.0 Å². The molecule has 261 valence electrons. The van der Waals surface area contributed by atoms with Crippen LogP contribution in [-0.2, 0) is 30.3 Å². The van der Waals surface area contributed by atoms with E-state index in [1.165, 1.54) is 17.0 Å². The molecule has 0 saturated heterocycles. The number of aliphatic hydroxyl groups excluding tert-OH is 1. The van der Waals surface area contributed by atoms with Crippen LogP contribution in [0.1, 0.15) is 99.3 Å². The second-order valence-electron chi connectivity index (χ2n) is 14.7. The summed E-state index contributed by atoms with van der Waals surface area (Å²) in [5.41, 5.74) is 4.91. The number of carbonyl (C=O) groups is 1. The molecule has 0 bridgehead atoms. The Morgan fingerprint density at radius 3 is 2.06 bits per heavy atom. The van der Waals surface area contributed by atoms with Gasteiger partial charge in [-0.3, -0.25) is 9.78 Å². The molecule has 49 heavy (non-hydrogen) atoms. The summed E-state index contributed by atoms with van der Waals surface area (Å²) in [5, 5.41) is 15.6. The summed E-state index contributed by atoms with van der Waals surface area (Å²) >= 11 is 0. The molecule has 6 rings (SSSR count). The molecule has 0 aliphatic heterocycles. The van der Waals surface area contributed by atoms with Gasteiger partial charge in [0.2, 0.25) is 0 Å². The van der Waals surface area contributed by atoms with E-state index < -0.39 is 0 Å². The number of nitrogens with zero attached hydrogens (tertiary/aromatic N) is 1. The van der Waals surface area contributed by atoms with Crippen LogP contribution in [0.15, 0.2) is 81.5 Å². The van der Waals surface area contributed by atoms with Gasteiger partial charge < -0.3 is 13.9 Å². The SMILES string of the molecule is CCC(C)(CC)C(=O)/C=C(\O)C(C)(CC)CC.Cc1cc2c(ccc3c4ccnc(-c5[c-]c6ccccc6c(C(C)(C)C)c5)c4oc23)o1.[Ir]. The Labute approximate surface area is 304 Å². The molecule has 3 aromatic carbocycles. The zero-order valence-corrected chi connectivity index (χ0v) is 33.0. The smallest absolute Gasteiger partial charge is 0.164 e. The van der Waals surface area contributed by atoms with Crippen LogP contribution in [0.3, 0.4) is 0 Å². The first-order valence-electron chi connectivity index (χ1n) is 17.3. The van der Waals surface area contributed by atoms with E-state index in [0.29, 0.717) is 0 Å². The minimum atomic E-state index is -0.337. The number of aryl methyl sites for hydroxylation is 1. The third kappa shape index (κ3) is 7.28. The Balaban J connectivity index is 0.000000260. The molecule has 1 N–H and O–H groups in total. The van der Waals surface area contributed by atoms with Crippen molar-refractivity contribution in [1.29, 1.82) is 0 Å². The number of aromatic nitrogens is 1. The molecule has 0 atom stereocenters. The van der Waals surface area contributed by atoms with E-state index in [9.17, 15) is 9.90 Å². The molecule has 1 radical (unpaired) electrons. The van der Waals surface area contributed by atoms with Crippen LogP contribution < -0.4 is 0 Å². The van der Waals surface area contributed by atoms with Crippen LogP contribution in [0.2, 0.25) is 0 Å². The minimum absolute atomic E-state index is 0. The van der Waals surface area contributed by atoms with Crippen molar-refractivity contribution in [2.75, 3.05) is 0 Å². The Kier molecular flexibility index (Phi) is 11.4. The minimum Gasteiger partial charge on any atom is -0.512 e. The number of hydrogen-bond acceptors (Lipinski definition) is 5. The fraction of sp³-hybridized carbons (Fsp3) is 0.395. The van der Waals surface area contributed by atoms with Crippen molar-refractivity contribution in [2.45, 2.75) is 100 Å². The monoisotopic (exact) mass is 837 g/mol. The number of ketones is 1. The first kappa shape index (κ1) is 38.1. The normalized spacial score (nSPS) is 12.7. The Morgan fingerprint density at radius 2 is 1.43 bits per heavy atom. The number of rotatable bonds is 8. The van der Waals surface area contributed by atoms with Gasteiger partial charge in [0, 0.05) is 59.7 Å². The largest absolute Gasteiger partial charge is 0.512 e. The molecule has 3 aromatic heterocycles. The van der Waals surface area contributed by atoms with Crippen LogP contribution in [0.5, 0.6) is 0 Å². The summed E-state index contributed by atoms with van der Waals surface area (Å²) < 4.78 is 12.3. The van der Waals surface area contributed by atoms with Crippen molar-refractivity contribution in [3.8, 4) is 11.3 Å². The molecule has 0 aliphatic rings. The zero-order chi connectivity index (χ0) is 35.0. The van der Waals surface area contributed by atoms with Crippen molar-refractivity contribution in [3.05, 3.63) is 90.0 Å². The van der Waals surface area contributed by atoms with Gasteiger partial charge in [0.05, 0.1) is 5.39 Å².